The van der Waals surface area contributed by atoms with Crippen molar-refractivity contribution in [1.29, 1.82) is 0 Å². The third-order valence-corrected chi connectivity index (χ3v) is 2.37. The lowest BCUT2D eigenvalue weighted by molar-refractivity contribution is -0.141. The highest BCUT2D eigenvalue weighted by molar-refractivity contribution is 5.74. The number of para-hydroxylation sites is 2. The van der Waals surface area contributed by atoms with E-state index in [1.807, 2.05) is 24.3 Å². The van der Waals surface area contributed by atoms with Crippen LogP contribution in [0.2, 0.25) is 0 Å². The smallest absolute Gasteiger partial charge is 0.302 e. The molecule has 0 atom stereocenters. The fraction of sp³-hybridized carbons (Fsp3) is 0.250. The standard InChI is InChI=1S/C12H12N2O3/c1-9(15)17-7-6-14-11-5-3-2-4-10(11)13-8-12(14)16/h2-5,8H,6-7H2,1H3. The first kappa shape index (κ1) is 11.3. The van der Waals surface area contributed by atoms with Crippen LogP contribution in [-0.4, -0.2) is 22.1 Å². The minimum absolute atomic E-state index is 0.184. The maximum Gasteiger partial charge on any atom is 0.302 e. The molecule has 0 aliphatic rings. The highest BCUT2D eigenvalue weighted by atomic mass is 16.5. The number of rotatable bonds is 3. The van der Waals surface area contributed by atoms with E-state index < -0.39 is 0 Å². The van der Waals surface area contributed by atoms with Gasteiger partial charge in [0.05, 0.1) is 23.8 Å². The summed E-state index contributed by atoms with van der Waals surface area (Å²) in [4.78, 5) is 26.4. The first-order valence-electron chi connectivity index (χ1n) is 5.26. The molecule has 2 aromatic rings. The van der Waals surface area contributed by atoms with Crippen LogP contribution in [0.5, 0.6) is 0 Å². The topological polar surface area (TPSA) is 61.2 Å². The number of carbonyl (C=O) groups is 1. The molecule has 0 N–H and O–H groups in total. The average Bonchev–Trinajstić information content (AvgIpc) is 2.32. The third kappa shape index (κ3) is 2.50. The quantitative estimate of drug-likeness (QED) is 0.739. The summed E-state index contributed by atoms with van der Waals surface area (Å²) in [6, 6.07) is 7.34. The molecule has 0 fully saturated rings. The maximum absolute atomic E-state index is 11.7. The fourth-order valence-corrected chi connectivity index (χ4v) is 1.63. The number of fused-ring (bicyclic) bond motifs is 1. The second-order valence-electron chi connectivity index (χ2n) is 3.58. The second kappa shape index (κ2) is 4.78. The Balaban J connectivity index is 2.34. The van der Waals surface area contributed by atoms with Gasteiger partial charge in [0.15, 0.2) is 0 Å². The van der Waals surface area contributed by atoms with Gasteiger partial charge in [-0.05, 0) is 12.1 Å². The van der Waals surface area contributed by atoms with E-state index in [2.05, 4.69) is 4.98 Å². The highest BCUT2D eigenvalue weighted by Gasteiger charge is 2.03. The van der Waals surface area contributed by atoms with Gasteiger partial charge in [-0.2, -0.15) is 0 Å². The normalized spacial score (nSPS) is 10.4. The summed E-state index contributed by atoms with van der Waals surface area (Å²) in [5, 5.41) is 0. The predicted octanol–water partition coefficient (Wildman–Crippen LogP) is 0.960. The minimum Gasteiger partial charge on any atom is -0.464 e. The van der Waals surface area contributed by atoms with Crippen LogP contribution in [0.3, 0.4) is 0 Å². The van der Waals surface area contributed by atoms with Gasteiger partial charge >= 0.3 is 5.97 Å². The fourth-order valence-electron chi connectivity index (χ4n) is 1.63. The number of benzene rings is 1. The lowest BCUT2D eigenvalue weighted by Crippen LogP contribution is -2.23. The van der Waals surface area contributed by atoms with Gasteiger partial charge in [-0.25, -0.2) is 4.98 Å². The molecule has 1 aromatic heterocycles. The molecular weight excluding hydrogens is 220 g/mol. The van der Waals surface area contributed by atoms with Crippen LogP contribution in [0.1, 0.15) is 6.92 Å². The Morgan fingerprint density at radius 2 is 2.18 bits per heavy atom. The predicted molar refractivity (Wildman–Crippen MR) is 62.6 cm³/mol. The van der Waals surface area contributed by atoms with E-state index in [9.17, 15) is 9.59 Å². The molecule has 88 valence electrons. The van der Waals surface area contributed by atoms with E-state index in [1.165, 1.54) is 13.1 Å². The van der Waals surface area contributed by atoms with Gasteiger partial charge < -0.3 is 9.30 Å². The Kier molecular flexibility index (Phi) is 3.18. The Morgan fingerprint density at radius 3 is 2.94 bits per heavy atom. The molecule has 0 spiro atoms. The summed E-state index contributed by atoms with van der Waals surface area (Å²) in [7, 11) is 0. The lowest BCUT2D eigenvalue weighted by Gasteiger charge is -2.08. The molecule has 0 saturated carbocycles. The summed E-state index contributed by atoms with van der Waals surface area (Å²) in [5.74, 6) is -0.351. The zero-order valence-corrected chi connectivity index (χ0v) is 9.42. The van der Waals surface area contributed by atoms with Crippen LogP contribution >= 0.6 is 0 Å². The molecule has 0 aliphatic heterocycles. The summed E-state index contributed by atoms with van der Waals surface area (Å²) >= 11 is 0. The molecule has 5 heteroatoms. The van der Waals surface area contributed by atoms with Crippen molar-refractivity contribution in [3.05, 3.63) is 40.8 Å². The molecule has 0 aliphatic carbocycles. The van der Waals surface area contributed by atoms with Gasteiger partial charge in [-0.3, -0.25) is 9.59 Å². The SMILES string of the molecule is CC(=O)OCCn1c(=O)cnc2ccccc21. The Morgan fingerprint density at radius 1 is 1.41 bits per heavy atom. The van der Waals surface area contributed by atoms with Crippen LogP contribution in [-0.2, 0) is 16.1 Å². The van der Waals surface area contributed by atoms with Crippen LogP contribution in [0.15, 0.2) is 35.3 Å². The summed E-state index contributed by atoms with van der Waals surface area (Å²) in [5.41, 5.74) is 1.29. The van der Waals surface area contributed by atoms with Gasteiger partial charge in [-0.1, -0.05) is 12.1 Å². The Labute approximate surface area is 97.7 Å². The number of ether oxygens (including phenoxy) is 1. The van der Waals surface area contributed by atoms with E-state index in [0.717, 1.165) is 11.0 Å². The molecule has 1 heterocycles. The van der Waals surface area contributed by atoms with Crippen LogP contribution in [0.25, 0.3) is 11.0 Å². The van der Waals surface area contributed by atoms with E-state index in [-0.39, 0.29) is 18.1 Å². The van der Waals surface area contributed by atoms with Gasteiger partial charge in [0, 0.05) is 6.92 Å². The first-order valence-corrected chi connectivity index (χ1v) is 5.26. The van der Waals surface area contributed by atoms with Gasteiger partial charge in [0.25, 0.3) is 5.56 Å². The lowest BCUT2D eigenvalue weighted by atomic mass is 10.3. The summed E-state index contributed by atoms with van der Waals surface area (Å²) in [6.45, 7) is 1.86. The molecule has 0 radical (unpaired) electrons. The van der Waals surface area contributed by atoms with E-state index in [1.54, 1.807) is 4.57 Å². The first-order chi connectivity index (χ1) is 8.18. The number of aromatic nitrogens is 2. The molecule has 17 heavy (non-hydrogen) atoms. The van der Waals surface area contributed by atoms with Crippen molar-refractivity contribution in [3.63, 3.8) is 0 Å². The zero-order valence-electron chi connectivity index (χ0n) is 9.42. The molecule has 0 unspecified atom stereocenters. The molecule has 0 amide bonds. The van der Waals surface area contributed by atoms with Crippen molar-refractivity contribution in [1.82, 2.24) is 9.55 Å². The minimum atomic E-state index is -0.351. The van der Waals surface area contributed by atoms with Crippen molar-refractivity contribution in [2.75, 3.05) is 6.61 Å². The van der Waals surface area contributed by atoms with Crippen molar-refractivity contribution in [2.24, 2.45) is 0 Å². The monoisotopic (exact) mass is 232 g/mol. The Hall–Kier alpha value is -2.17. The molecule has 5 nitrogen and oxygen atoms in total. The second-order valence-corrected chi connectivity index (χ2v) is 3.58. The largest absolute Gasteiger partial charge is 0.464 e. The van der Waals surface area contributed by atoms with Crippen molar-refractivity contribution >= 4 is 17.0 Å². The summed E-state index contributed by atoms with van der Waals surface area (Å²) in [6.07, 6.45) is 1.27. The van der Waals surface area contributed by atoms with Crippen molar-refractivity contribution < 1.29 is 9.53 Å². The van der Waals surface area contributed by atoms with Gasteiger partial charge in [-0.15, -0.1) is 0 Å². The molecule has 0 saturated heterocycles. The van der Waals surface area contributed by atoms with Crippen molar-refractivity contribution in [2.45, 2.75) is 13.5 Å². The Bertz CT molecular complexity index is 604. The number of hydrogen-bond acceptors (Lipinski definition) is 4. The highest BCUT2D eigenvalue weighted by Crippen LogP contribution is 2.07. The number of nitrogens with zero attached hydrogens (tertiary/aromatic N) is 2. The zero-order chi connectivity index (χ0) is 12.3. The van der Waals surface area contributed by atoms with Gasteiger partial charge in [0.2, 0.25) is 0 Å². The molecule has 0 bridgehead atoms. The molecule has 1 aromatic carbocycles. The van der Waals surface area contributed by atoms with Gasteiger partial charge in [0.1, 0.15) is 6.61 Å². The molecular formula is C12H12N2O3. The maximum atomic E-state index is 11.7. The number of carbonyl (C=O) groups excluding carboxylic acids is 1. The van der Waals surface area contributed by atoms with E-state index in [4.69, 9.17) is 4.74 Å². The number of hydrogen-bond donors (Lipinski definition) is 0. The number of esters is 1. The van der Waals surface area contributed by atoms with E-state index in [0.29, 0.717) is 6.54 Å². The molecule has 2 rings (SSSR count). The van der Waals surface area contributed by atoms with Crippen LogP contribution in [0, 0.1) is 0 Å². The third-order valence-electron chi connectivity index (χ3n) is 2.37. The van der Waals surface area contributed by atoms with Crippen LogP contribution in [0.4, 0.5) is 0 Å². The van der Waals surface area contributed by atoms with E-state index >= 15 is 0 Å². The average molecular weight is 232 g/mol. The van der Waals surface area contributed by atoms with Crippen molar-refractivity contribution in [3.8, 4) is 0 Å². The summed E-state index contributed by atoms with van der Waals surface area (Å²) < 4.78 is 6.38. The van der Waals surface area contributed by atoms with Crippen LogP contribution < -0.4 is 5.56 Å².